The van der Waals surface area contributed by atoms with E-state index in [1.54, 1.807) is 37.5 Å². The molecule has 0 saturated heterocycles. The summed E-state index contributed by atoms with van der Waals surface area (Å²) in [6, 6.07) is 9.63. The number of carbonyl (C=O) groups is 1. The molecule has 0 fully saturated rings. The molecule has 7 nitrogen and oxygen atoms in total. The van der Waals surface area contributed by atoms with E-state index in [0.29, 0.717) is 12.1 Å². The van der Waals surface area contributed by atoms with E-state index in [0.717, 1.165) is 0 Å². The molecule has 1 heterocycles. The lowest BCUT2D eigenvalue weighted by atomic mass is 10.2. The average molecular weight is 336 g/mol. The molecule has 1 atom stereocenters. The van der Waals surface area contributed by atoms with Gasteiger partial charge < -0.3 is 5.32 Å². The molecule has 2 aromatic rings. The molecule has 0 aliphatic rings. The monoisotopic (exact) mass is 336 g/mol. The highest BCUT2D eigenvalue weighted by molar-refractivity contribution is 7.89. The predicted molar refractivity (Wildman–Crippen MR) is 86.4 cm³/mol. The van der Waals surface area contributed by atoms with Crippen molar-refractivity contribution in [1.82, 2.24) is 19.8 Å². The fraction of sp³-hybridized carbons (Fsp3) is 0.333. The topological polar surface area (TPSA) is 93.1 Å². The third-order valence-electron chi connectivity index (χ3n) is 3.35. The van der Waals surface area contributed by atoms with Gasteiger partial charge in [0, 0.05) is 25.8 Å². The van der Waals surface area contributed by atoms with E-state index in [-0.39, 0.29) is 23.4 Å². The second kappa shape index (κ2) is 7.38. The first-order chi connectivity index (χ1) is 10.9. The summed E-state index contributed by atoms with van der Waals surface area (Å²) in [6.45, 7) is 2.06. The minimum Gasteiger partial charge on any atom is -0.348 e. The highest BCUT2D eigenvalue weighted by Gasteiger charge is 2.15. The summed E-state index contributed by atoms with van der Waals surface area (Å²) < 4.78 is 28.1. The van der Waals surface area contributed by atoms with Gasteiger partial charge in [-0.15, -0.1) is 0 Å². The maximum atomic E-state index is 12.1. The van der Waals surface area contributed by atoms with E-state index in [9.17, 15) is 13.2 Å². The Morgan fingerprint density at radius 3 is 2.57 bits per heavy atom. The van der Waals surface area contributed by atoms with Crippen LogP contribution in [0.25, 0.3) is 0 Å². The van der Waals surface area contributed by atoms with Crippen LogP contribution in [0, 0.1) is 0 Å². The number of hydrogen-bond donors (Lipinski definition) is 2. The van der Waals surface area contributed by atoms with E-state index < -0.39 is 10.0 Å². The number of sulfonamides is 1. The zero-order chi connectivity index (χ0) is 16.9. The first-order valence-electron chi connectivity index (χ1n) is 7.24. The Labute approximate surface area is 135 Å². The van der Waals surface area contributed by atoms with Crippen molar-refractivity contribution in [3.05, 3.63) is 48.3 Å². The van der Waals surface area contributed by atoms with Crippen molar-refractivity contribution < 1.29 is 13.2 Å². The van der Waals surface area contributed by atoms with Crippen LogP contribution in [0.15, 0.2) is 47.5 Å². The van der Waals surface area contributed by atoms with E-state index in [1.807, 2.05) is 6.92 Å². The molecular weight excluding hydrogens is 316 g/mol. The number of carbonyl (C=O) groups excluding carboxylic acids is 1. The van der Waals surface area contributed by atoms with Crippen molar-refractivity contribution in [1.29, 1.82) is 0 Å². The normalized spacial score (nSPS) is 12.8. The molecule has 1 amide bonds. The average Bonchev–Trinajstić information content (AvgIpc) is 2.94. The summed E-state index contributed by atoms with van der Waals surface area (Å²) in [5.41, 5.74) is 0.460. The van der Waals surface area contributed by atoms with Crippen molar-refractivity contribution >= 4 is 15.9 Å². The molecule has 0 aliphatic carbocycles. The second-order valence-electron chi connectivity index (χ2n) is 5.21. The number of hydrogen-bond acceptors (Lipinski definition) is 4. The van der Waals surface area contributed by atoms with Gasteiger partial charge in [0.15, 0.2) is 0 Å². The lowest BCUT2D eigenvalue weighted by molar-refractivity contribution is 0.0929. The molecule has 1 unspecified atom stereocenters. The van der Waals surface area contributed by atoms with E-state index in [2.05, 4.69) is 15.1 Å². The van der Waals surface area contributed by atoms with Gasteiger partial charge in [0.05, 0.1) is 4.90 Å². The van der Waals surface area contributed by atoms with Gasteiger partial charge in [0.1, 0.15) is 5.69 Å². The molecule has 124 valence electrons. The van der Waals surface area contributed by atoms with Gasteiger partial charge in [-0.05, 0) is 31.5 Å². The molecule has 8 heteroatoms. The number of rotatable bonds is 7. The number of nitrogens with one attached hydrogen (secondary N) is 2. The molecular formula is C15H20N4O3S. The summed E-state index contributed by atoms with van der Waals surface area (Å²) in [4.78, 5) is 12.2. The molecule has 2 N–H and O–H groups in total. The Morgan fingerprint density at radius 1 is 1.26 bits per heavy atom. The fourth-order valence-electron chi connectivity index (χ4n) is 2.06. The summed E-state index contributed by atoms with van der Waals surface area (Å²) in [5, 5.41) is 6.75. The van der Waals surface area contributed by atoms with E-state index in [1.165, 1.54) is 16.8 Å². The fourth-order valence-corrected chi connectivity index (χ4v) is 3.13. The number of aryl methyl sites for hydroxylation is 1. The molecule has 23 heavy (non-hydrogen) atoms. The van der Waals surface area contributed by atoms with Gasteiger partial charge in [0.2, 0.25) is 10.0 Å². The first kappa shape index (κ1) is 17.2. The molecule has 1 aromatic carbocycles. The Hall–Kier alpha value is -2.19. The highest BCUT2D eigenvalue weighted by Crippen LogP contribution is 2.07. The van der Waals surface area contributed by atoms with Gasteiger partial charge in [-0.1, -0.05) is 18.2 Å². The first-order valence-corrected chi connectivity index (χ1v) is 8.72. The Balaban J connectivity index is 1.82. The Bertz CT molecular complexity index is 756. The number of amides is 1. The van der Waals surface area contributed by atoms with Crippen LogP contribution in [0.1, 0.15) is 23.8 Å². The van der Waals surface area contributed by atoms with Crippen LogP contribution in [0.4, 0.5) is 0 Å². The molecule has 1 aromatic heterocycles. The van der Waals surface area contributed by atoms with Crippen LogP contribution in [0.3, 0.4) is 0 Å². The van der Waals surface area contributed by atoms with Crippen LogP contribution in [0.5, 0.6) is 0 Å². The van der Waals surface area contributed by atoms with Gasteiger partial charge >= 0.3 is 0 Å². The Morgan fingerprint density at radius 2 is 1.96 bits per heavy atom. The minimum absolute atomic E-state index is 0.170. The van der Waals surface area contributed by atoms with Gasteiger partial charge in [-0.2, -0.15) is 5.10 Å². The molecule has 0 aliphatic heterocycles. The summed E-state index contributed by atoms with van der Waals surface area (Å²) >= 11 is 0. The summed E-state index contributed by atoms with van der Waals surface area (Å²) in [7, 11) is -1.82. The second-order valence-corrected chi connectivity index (χ2v) is 6.98. The van der Waals surface area contributed by atoms with Crippen LogP contribution in [-0.2, 0) is 17.1 Å². The minimum atomic E-state index is -3.51. The smallest absolute Gasteiger partial charge is 0.269 e. The van der Waals surface area contributed by atoms with Gasteiger partial charge in [-0.3, -0.25) is 9.48 Å². The third-order valence-corrected chi connectivity index (χ3v) is 4.83. The lowest BCUT2D eigenvalue weighted by Crippen LogP contribution is -2.36. The summed E-state index contributed by atoms with van der Waals surface area (Å²) in [5.74, 6) is -0.233. The lowest BCUT2D eigenvalue weighted by Gasteiger charge is -2.14. The maximum Gasteiger partial charge on any atom is 0.269 e. The van der Waals surface area contributed by atoms with Crippen molar-refractivity contribution in [3.8, 4) is 0 Å². The highest BCUT2D eigenvalue weighted by atomic mass is 32.2. The Kier molecular flexibility index (Phi) is 5.51. The molecule has 2 rings (SSSR count). The molecule has 0 bridgehead atoms. The number of nitrogens with zero attached hydrogens (tertiary/aromatic N) is 2. The van der Waals surface area contributed by atoms with Crippen molar-refractivity contribution in [2.45, 2.75) is 24.3 Å². The largest absolute Gasteiger partial charge is 0.348 e. The van der Waals surface area contributed by atoms with Gasteiger partial charge in [-0.25, -0.2) is 13.1 Å². The predicted octanol–water partition coefficient (Wildman–Crippen LogP) is 0.907. The van der Waals surface area contributed by atoms with Crippen LogP contribution in [-0.4, -0.2) is 36.7 Å². The van der Waals surface area contributed by atoms with Crippen molar-refractivity contribution in [2.75, 3.05) is 6.54 Å². The standard InChI is InChI=1S/C15H20N4O3S/c1-12(18-15(20)14-9-10-16-19(14)2)8-11-17-23(21,22)13-6-4-3-5-7-13/h3-7,9-10,12,17H,8,11H2,1-2H3,(H,18,20). The molecule has 0 spiro atoms. The third kappa shape index (κ3) is 4.64. The number of benzene rings is 1. The quantitative estimate of drug-likeness (QED) is 0.786. The maximum absolute atomic E-state index is 12.1. The molecule has 0 saturated carbocycles. The summed E-state index contributed by atoms with van der Waals surface area (Å²) in [6.07, 6.45) is 2.03. The number of aromatic nitrogens is 2. The van der Waals surface area contributed by atoms with Crippen molar-refractivity contribution in [3.63, 3.8) is 0 Å². The van der Waals surface area contributed by atoms with E-state index >= 15 is 0 Å². The SMILES string of the molecule is CC(CCNS(=O)(=O)c1ccccc1)NC(=O)c1ccnn1C. The van der Waals surface area contributed by atoms with Gasteiger partial charge in [0.25, 0.3) is 5.91 Å². The molecule has 0 radical (unpaired) electrons. The zero-order valence-electron chi connectivity index (χ0n) is 13.1. The van der Waals surface area contributed by atoms with Crippen LogP contribution >= 0.6 is 0 Å². The van der Waals surface area contributed by atoms with Crippen molar-refractivity contribution in [2.24, 2.45) is 7.05 Å². The van der Waals surface area contributed by atoms with E-state index in [4.69, 9.17) is 0 Å². The zero-order valence-corrected chi connectivity index (χ0v) is 13.9. The van der Waals surface area contributed by atoms with Crippen LogP contribution in [0.2, 0.25) is 0 Å². The van der Waals surface area contributed by atoms with Crippen LogP contribution < -0.4 is 10.0 Å².